The van der Waals surface area contributed by atoms with Crippen molar-refractivity contribution in [3.63, 3.8) is 0 Å². The van der Waals surface area contributed by atoms with Gasteiger partial charge in [0.05, 0.1) is 0 Å². The molecule has 0 N–H and O–H groups in total. The van der Waals surface area contributed by atoms with Crippen LogP contribution in [-0.2, 0) is 28.6 Å². The molecule has 0 aliphatic heterocycles. The molecule has 0 fully saturated rings. The van der Waals surface area contributed by atoms with Gasteiger partial charge in [0.25, 0.3) is 0 Å². The van der Waals surface area contributed by atoms with Crippen molar-refractivity contribution in [1.29, 1.82) is 0 Å². The maximum absolute atomic E-state index is 13.0. The van der Waals surface area contributed by atoms with Gasteiger partial charge in [-0.2, -0.15) is 0 Å². The molecule has 80 heavy (non-hydrogen) atoms. The van der Waals surface area contributed by atoms with Crippen molar-refractivity contribution in [2.24, 2.45) is 0 Å². The number of hydrogen-bond donors (Lipinski definition) is 0. The molecule has 0 aliphatic carbocycles. The predicted molar refractivity (Wildman–Crippen MR) is 348 cm³/mol. The van der Waals surface area contributed by atoms with Gasteiger partial charge in [-0.25, -0.2) is 0 Å². The smallest absolute Gasteiger partial charge is 0.306 e. The van der Waals surface area contributed by atoms with Crippen LogP contribution < -0.4 is 0 Å². The van der Waals surface area contributed by atoms with Gasteiger partial charge in [-0.15, -0.1) is 0 Å². The lowest BCUT2D eigenvalue weighted by Crippen LogP contribution is -2.30. The van der Waals surface area contributed by atoms with Gasteiger partial charge >= 0.3 is 17.9 Å². The minimum atomic E-state index is -0.791. The number of carbonyl (C=O) groups is 3. The molecule has 0 saturated carbocycles. The van der Waals surface area contributed by atoms with E-state index >= 15 is 0 Å². The van der Waals surface area contributed by atoms with Gasteiger partial charge in [0.1, 0.15) is 13.2 Å². The van der Waals surface area contributed by atoms with Crippen LogP contribution in [-0.4, -0.2) is 37.2 Å². The minimum absolute atomic E-state index is 0.0853. The highest BCUT2D eigenvalue weighted by Crippen LogP contribution is 2.16. The highest BCUT2D eigenvalue weighted by atomic mass is 16.6. The van der Waals surface area contributed by atoms with Crippen molar-refractivity contribution < 1.29 is 28.6 Å². The molecule has 0 rings (SSSR count). The third kappa shape index (κ3) is 65.1. The Morgan fingerprint density at radius 3 is 0.775 bits per heavy atom. The Kier molecular flexibility index (Phi) is 64.7. The van der Waals surface area contributed by atoms with E-state index in [-0.39, 0.29) is 31.1 Å². The van der Waals surface area contributed by atoms with Crippen LogP contribution in [0.3, 0.4) is 0 Å². The second-order valence-electron chi connectivity index (χ2n) is 22.7. The SMILES string of the molecule is CC/C=C\C/C=C\C/C=C\C/C=C\CCCCCCCCCCCCC(=O)OCC(COC(=O)CCCCCCCCC/C=C\CCCCCCCCC)OC(=O)CCCCCCCC/C=C\C/C=C\C/C=C\CCCCCCC. The van der Waals surface area contributed by atoms with Crippen molar-refractivity contribution in [2.75, 3.05) is 13.2 Å². The quantitative estimate of drug-likeness (QED) is 0.0261. The topological polar surface area (TPSA) is 78.9 Å². The van der Waals surface area contributed by atoms with Crippen LogP contribution in [0, 0.1) is 0 Å². The summed E-state index contributed by atoms with van der Waals surface area (Å²) in [5, 5.41) is 0. The molecule has 0 aromatic rings. The second kappa shape index (κ2) is 67.8. The number of unbranched alkanes of at least 4 members (excludes halogenated alkanes) is 35. The first-order valence-corrected chi connectivity index (χ1v) is 34.2. The fourth-order valence-corrected chi connectivity index (χ4v) is 9.67. The number of ether oxygens (including phenoxy) is 3. The number of carbonyl (C=O) groups excluding carboxylic acids is 3. The van der Waals surface area contributed by atoms with E-state index in [9.17, 15) is 14.4 Å². The van der Waals surface area contributed by atoms with Gasteiger partial charge in [-0.1, -0.05) is 291 Å². The Morgan fingerprint density at radius 1 is 0.263 bits per heavy atom. The second-order valence-corrected chi connectivity index (χ2v) is 22.7. The Bertz CT molecular complexity index is 1560. The normalized spacial score (nSPS) is 12.7. The molecule has 6 nitrogen and oxygen atoms in total. The largest absolute Gasteiger partial charge is 0.462 e. The van der Waals surface area contributed by atoms with Crippen molar-refractivity contribution in [3.8, 4) is 0 Å². The zero-order chi connectivity index (χ0) is 57.8. The molecule has 0 radical (unpaired) electrons. The summed E-state index contributed by atoms with van der Waals surface area (Å²) >= 11 is 0. The van der Waals surface area contributed by atoms with Gasteiger partial charge in [-0.05, 0) is 122 Å². The molecule has 0 aromatic carbocycles. The van der Waals surface area contributed by atoms with Gasteiger partial charge in [0.2, 0.25) is 0 Å². The average molecular weight is 1110 g/mol. The van der Waals surface area contributed by atoms with Gasteiger partial charge in [0.15, 0.2) is 6.10 Å². The van der Waals surface area contributed by atoms with Crippen molar-refractivity contribution in [2.45, 2.75) is 341 Å². The summed E-state index contributed by atoms with van der Waals surface area (Å²) in [5.41, 5.74) is 0. The fraction of sp³-hybridized carbons (Fsp3) is 0.743. The first-order chi connectivity index (χ1) is 39.5. The van der Waals surface area contributed by atoms with Crippen LogP contribution in [0.25, 0.3) is 0 Å². The molecule has 1 atom stereocenters. The van der Waals surface area contributed by atoms with E-state index < -0.39 is 6.10 Å². The molecule has 1 unspecified atom stereocenters. The van der Waals surface area contributed by atoms with Gasteiger partial charge in [-0.3, -0.25) is 14.4 Å². The van der Waals surface area contributed by atoms with E-state index in [1.807, 2.05) is 0 Å². The van der Waals surface area contributed by atoms with E-state index in [1.54, 1.807) is 0 Å². The van der Waals surface area contributed by atoms with E-state index in [0.717, 1.165) is 109 Å². The highest BCUT2D eigenvalue weighted by molar-refractivity contribution is 5.71. The first kappa shape index (κ1) is 76.3. The molecule has 0 saturated heterocycles. The summed E-state index contributed by atoms with van der Waals surface area (Å²) < 4.78 is 17.0. The lowest BCUT2D eigenvalue weighted by Gasteiger charge is -2.18. The standard InChI is InChI=1S/C74H128O6/c1-4-7-10-13-16-19-22-25-28-31-34-36-37-39-40-43-46-49-52-55-58-61-64-67-73(76)79-70-71(69-78-72(75)66-63-60-57-54-51-48-45-42-33-30-27-24-21-18-15-12-9-6-3)80-74(77)68-65-62-59-56-53-50-47-44-41-38-35-32-29-26-23-20-17-14-11-8-5-2/h7,10,16,19,23,25-26,28,30,32-36,41,44,71H,4-6,8-9,11-15,17-18,20-22,24,27,29,31,37-40,42-43,45-70H2,1-3H3/b10-7-,19-16-,26-23-,28-25-,33-30-,35-32-,36-34-,44-41-. The minimum Gasteiger partial charge on any atom is -0.462 e. The molecular weight excluding hydrogens is 985 g/mol. The molecular formula is C74H128O6. The molecule has 0 spiro atoms. The van der Waals surface area contributed by atoms with Crippen LogP contribution in [0.15, 0.2) is 97.2 Å². The van der Waals surface area contributed by atoms with Crippen LogP contribution in [0.5, 0.6) is 0 Å². The van der Waals surface area contributed by atoms with Crippen LogP contribution >= 0.6 is 0 Å². The highest BCUT2D eigenvalue weighted by Gasteiger charge is 2.19. The summed E-state index contributed by atoms with van der Waals surface area (Å²) in [7, 11) is 0. The van der Waals surface area contributed by atoms with E-state index in [1.165, 1.54) is 186 Å². The maximum atomic E-state index is 13.0. The molecule has 460 valence electrons. The van der Waals surface area contributed by atoms with E-state index in [4.69, 9.17) is 14.2 Å². The molecule has 0 aliphatic rings. The monoisotopic (exact) mass is 1110 g/mol. The fourth-order valence-electron chi connectivity index (χ4n) is 9.67. The molecule has 0 amide bonds. The van der Waals surface area contributed by atoms with Gasteiger partial charge < -0.3 is 14.2 Å². The Labute approximate surface area is 496 Å². The van der Waals surface area contributed by atoms with Crippen LogP contribution in [0.1, 0.15) is 335 Å². The van der Waals surface area contributed by atoms with E-state index in [2.05, 4.69) is 118 Å². The molecule has 0 bridgehead atoms. The van der Waals surface area contributed by atoms with Crippen molar-refractivity contribution in [3.05, 3.63) is 97.2 Å². The average Bonchev–Trinajstić information content (AvgIpc) is 3.46. The number of allylic oxidation sites excluding steroid dienone is 16. The van der Waals surface area contributed by atoms with Crippen LogP contribution in [0.4, 0.5) is 0 Å². The molecule has 6 heteroatoms. The molecule has 0 heterocycles. The Morgan fingerprint density at radius 2 is 0.487 bits per heavy atom. The zero-order valence-electron chi connectivity index (χ0n) is 52.8. The van der Waals surface area contributed by atoms with Crippen LogP contribution in [0.2, 0.25) is 0 Å². The summed E-state index contributed by atoms with van der Waals surface area (Å²) in [5.74, 6) is -0.892. The maximum Gasteiger partial charge on any atom is 0.306 e. The number of hydrogen-bond acceptors (Lipinski definition) is 6. The zero-order valence-corrected chi connectivity index (χ0v) is 52.8. The van der Waals surface area contributed by atoms with Gasteiger partial charge in [0, 0.05) is 19.3 Å². The number of esters is 3. The summed E-state index contributed by atoms with van der Waals surface area (Å²) in [6, 6.07) is 0. The summed E-state index contributed by atoms with van der Waals surface area (Å²) in [4.78, 5) is 38.5. The lowest BCUT2D eigenvalue weighted by molar-refractivity contribution is -0.167. The lowest BCUT2D eigenvalue weighted by atomic mass is 10.1. The third-order valence-electron chi connectivity index (χ3n) is 14.8. The molecule has 0 aromatic heterocycles. The van der Waals surface area contributed by atoms with Crippen molar-refractivity contribution in [1.82, 2.24) is 0 Å². The number of rotatable bonds is 62. The van der Waals surface area contributed by atoms with Crippen molar-refractivity contribution >= 4 is 17.9 Å². The Balaban J connectivity index is 4.41. The first-order valence-electron chi connectivity index (χ1n) is 34.2. The third-order valence-corrected chi connectivity index (χ3v) is 14.8. The predicted octanol–water partition coefficient (Wildman–Crippen LogP) is 23.6. The van der Waals surface area contributed by atoms with E-state index in [0.29, 0.717) is 19.3 Å². The Hall–Kier alpha value is -3.67. The summed E-state index contributed by atoms with van der Waals surface area (Å²) in [6.07, 6.45) is 91.3. The summed E-state index contributed by atoms with van der Waals surface area (Å²) in [6.45, 7) is 6.54.